The van der Waals surface area contributed by atoms with Crippen LogP contribution in [-0.4, -0.2) is 93.4 Å². The Morgan fingerprint density at radius 2 is 1.92 bits per heavy atom. The standard InChI is InChI=1S/C28H36BrN3O5S/c1-6-13-30(4)25(34)21-22-26(35)32(17(8-3)16-33)24(28(22)15-20(29)23(21)38-28)27(36)31(14-7-2)18-9-11-19(37-5)12-10-18/h6-7,9-12,17,20-24,33H,1-2,8,13-16H2,3-5H3/t17-,20?,21+,22-,23+,24?,28?/m0/s1. The van der Waals surface area contributed by atoms with E-state index in [0.29, 0.717) is 30.8 Å². The molecule has 1 spiro atoms. The van der Waals surface area contributed by atoms with Crippen LogP contribution < -0.4 is 9.64 Å². The molecule has 3 aliphatic rings. The number of carbonyl (C=O) groups excluding carboxylic acids is 3. The fraction of sp³-hybridized carbons (Fsp3) is 0.536. The summed E-state index contributed by atoms with van der Waals surface area (Å²) in [6, 6.07) is 5.82. The number of benzene rings is 1. The molecule has 3 aliphatic heterocycles. The second-order valence-corrected chi connectivity index (χ2v) is 12.8. The van der Waals surface area contributed by atoms with Crippen molar-refractivity contribution in [2.45, 2.75) is 46.7 Å². The van der Waals surface area contributed by atoms with E-state index < -0.39 is 28.7 Å². The number of thioether (sulfide) groups is 1. The molecule has 0 aromatic heterocycles. The fourth-order valence-electron chi connectivity index (χ4n) is 6.34. The third-order valence-electron chi connectivity index (χ3n) is 8.06. The number of hydrogen-bond acceptors (Lipinski definition) is 6. The average molecular weight is 607 g/mol. The molecule has 38 heavy (non-hydrogen) atoms. The van der Waals surface area contributed by atoms with Crippen molar-refractivity contribution in [3.8, 4) is 5.75 Å². The van der Waals surface area contributed by atoms with E-state index in [1.165, 1.54) is 0 Å². The number of likely N-dealkylation sites (N-methyl/N-ethyl adjacent to an activating group) is 1. The van der Waals surface area contributed by atoms with E-state index in [1.807, 2.05) is 19.1 Å². The molecule has 206 valence electrons. The van der Waals surface area contributed by atoms with Crippen molar-refractivity contribution in [2.75, 3.05) is 38.8 Å². The van der Waals surface area contributed by atoms with Gasteiger partial charge in [0.15, 0.2) is 0 Å². The van der Waals surface area contributed by atoms with Crippen molar-refractivity contribution in [1.29, 1.82) is 0 Å². The van der Waals surface area contributed by atoms with Crippen molar-refractivity contribution >= 4 is 51.1 Å². The van der Waals surface area contributed by atoms with Crippen LogP contribution in [0.4, 0.5) is 5.69 Å². The van der Waals surface area contributed by atoms with Crippen molar-refractivity contribution in [3.63, 3.8) is 0 Å². The minimum absolute atomic E-state index is 0.0269. The number of hydrogen-bond donors (Lipinski definition) is 1. The van der Waals surface area contributed by atoms with Crippen molar-refractivity contribution in [2.24, 2.45) is 11.8 Å². The van der Waals surface area contributed by atoms with Gasteiger partial charge in [-0.05, 0) is 37.1 Å². The van der Waals surface area contributed by atoms with Gasteiger partial charge in [-0.2, -0.15) is 0 Å². The van der Waals surface area contributed by atoms with Crippen molar-refractivity contribution < 1.29 is 24.2 Å². The quantitative estimate of drug-likeness (QED) is 0.308. The van der Waals surface area contributed by atoms with E-state index in [0.717, 1.165) is 0 Å². The van der Waals surface area contributed by atoms with Crippen LogP contribution in [0.15, 0.2) is 49.6 Å². The molecule has 7 atom stereocenters. The number of ether oxygens (including phenoxy) is 1. The Balaban J connectivity index is 1.82. The molecule has 1 aromatic rings. The number of methoxy groups -OCH3 is 1. The van der Waals surface area contributed by atoms with Crippen molar-refractivity contribution in [3.05, 3.63) is 49.6 Å². The molecule has 1 N–H and O–H groups in total. The highest BCUT2D eigenvalue weighted by Gasteiger charge is 2.76. The van der Waals surface area contributed by atoms with Gasteiger partial charge in [-0.15, -0.1) is 24.9 Å². The molecule has 3 heterocycles. The van der Waals surface area contributed by atoms with Crippen molar-refractivity contribution in [1.82, 2.24) is 9.80 Å². The SMILES string of the molecule is C=CCN(C)C(=O)[C@H]1[C@@H]2SC3(CC2Br)C(C(=O)N(CC=C)c2ccc(OC)cc2)N([C@@H](CC)CO)C(=O)[C@H]13. The van der Waals surface area contributed by atoms with Crippen LogP contribution in [0.3, 0.4) is 0 Å². The fourth-order valence-corrected chi connectivity index (χ4v) is 9.92. The maximum atomic E-state index is 14.6. The lowest BCUT2D eigenvalue weighted by Crippen LogP contribution is -2.58. The molecular formula is C28H36BrN3O5S. The van der Waals surface area contributed by atoms with Gasteiger partial charge in [-0.25, -0.2) is 0 Å². The Kier molecular flexibility index (Phi) is 8.64. The van der Waals surface area contributed by atoms with Crippen LogP contribution >= 0.6 is 27.7 Å². The molecule has 0 aliphatic carbocycles. The highest BCUT2D eigenvalue weighted by atomic mass is 79.9. The van der Waals surface area contributed by atoms with Gasteiger partial charge < -0.3 is 24.5 Å². The summed E-state index contributed by atoms with van der Waals surface area (Å²) in [5.41, 5.74) is 0.659. The molecule has 3 saturated heterocycles. The van der Waals surface area contributed by atoms with E-state index in [-0.39, 0.29) is 41.0 Å². The van der Waals surface area contributed by atoms with E-state index >= 15 is 0 Å². The number of alkyl halides is 1. The van der Waals surface area contributed by atoms with E-state index in [4.69, 9.17) is 4.74 Å². The first-order valence-corrected chi connectivity index (χ1v) is 14.7. The first kappa shape index (κ1) is 28.7. The molecule has 3 unspecified atom stereocenters. The van der Waals surface area contributed by atoms with Crippen LogP contribution in [-0.2, 0) is 14.4 Å². The molecule has 10 heteroatoms. The Bertz CT molecular complexity index is 1100. The van der Waals surface area contributed by atoms with E-state index in [1.54, 1.807) is 64.9 Å². The Labute approximate surface area is 237 Å². The zero-order chi connectivity index (χ0) is 27.8. The minimum Gasteiger partial charge on any atom is -0.497 e. The molecule has 4 rings (SSSR count). The smallest absolute Gasteiger partial charge is 0.251 e. The number of aliphatic hydroxyl groups is 1. The summed E-state index contributed by atoms with van der Waals surface area (Å²) in [6.07, 6.45) is 4.38. The number of carbonyl (C=O) groups is 3. The largest absolute Gasteiger partial charge is 0.497 e. The third-order valence-corrected chi connectivity index (χ3v) is 11.3. The number of nitrogens with zero attached hydrogens (tertiary/aromatic N) is 3. The second kappa shape index (κ2) is 11.4. The third kappa shape index (κ3) is 4.48. The molecule has 3 amide bonds. The van der Waals surface area contributed by atoms with Crippen LogP contribution in [0.5, 0.6) is 5.75 Å². The van der Waals surface area contributed by atoms with Gasteiger partial charge in [-0.3, -0.25) is 14.4 Å². The maximum Gasteiger partial charge on any atom is 0.251 e. The van der Waals surface area contributed by atoms with E-state index in [9.17, 15) is 19.5 Å². The molecule has 0 radical (unpaired) electrons. The van der Waals surface area contributed by atoms with E-state index in [2.05, 4.69) is 29.1 Å². The molecule has 2 bridgehead atoms. The Hall–Kier alpha value is -2.30. The number of anilines is 1. The van der Waals surface area contributed by atoms with Gasteiger partial charge >= 0.3 is 0 Å². The lowest BCUT2D eigenvalue weighted by Gasteiger charge is -2.39. The molecule has 3 fully saturated rings. The summed E-state index contributed by atoms with van der Waals surface area (Å²) < 4.78 is 4.49. The zero-order valence-electron chi connectivity index (χ0n) is 22.1. The number of halogens is 1. The Morgan fingerprint density at radius 1 is 1.26 bits per heavy atom. The predicted octanol–water partition coefficient (Wildman–Crippen LogP) is 3.09. The van der Waals surface area contributed by atoms with Crippen LogP contribution in [0.2, 0.25) is 0 Å². The average Bonchev–Trinajstić information content (AvgIpc) is 3.51. The van der Waals surface area contributed by atoms with Crippen LogP contribution in [0.1, 0.15) is 19.8 Å². The number of amides is 3. The summed E-state index contributed by atoms with van der Waals surface area (Å²) in [4.78, 5) is 47.3. The summed E-state index contributed by atoms with van der Waals surface area (Å²) in [5.74, 6) is -1.13. The number of fused-ring (bicyclic) bond motifs is 1. The Morgan fingerprint density at radius 3 is 2.47 bits per heavy atom. The number of aliphatic hydroxyl groups excluding tert-OH is 1. The van der Waals surface area contributed by atoms with Gasteiger partial charge in [0.2, 0.25) is 11.8 Å². The number of likely N-dealkylation sites (tertiary alicyclic amines) is 1. The highest BCUT2D eigenvalue weighted by molar-refractivity contribution is 9.09. The lowest BCUT2D eigenvalue weighted by atomic mass is 9.70. The lowest BCUT2D eigenvalue weighted by molar-refractivity contribution is -0.144. The van der Waals surface area contributed by atoms with Gasteiger partial charge in [0.1, 0.15) is 11.8 Å². The molecule has 1 aromatic carbocycles. The highest BCUT2D eigenvalue weighted by Crippen LogP contribution is 2.68. The first-order valence-electron chi connectivity index (χ1n) is 12.9. The normalized spacial score (nSPS) is 30.1. The van der Waals surface area contributed by atoms with Crippen LogP contribution in [0, 0.1) is 11.8 Å². The van der Waals surface area contributed by atoms with Gasteiger partial charge in [-0.1, -0.05) is 35.0 Å². The summed E-state index contributed by atoms with van der Waals surface area (Å²) in [5, 5.41) is 10.1. The minimum atomic E-state index is -0.836. The monoisotopic (exact) mass is 605 g/mol. The summed E-state index contributed by atoms with van der Waals surface area (Å²) >= 11 is 5.38. The number of rotatable bonds is 11. The molecule has 0 saturated carbocycles. The van der Waals surface area contributed by atoms with Crippen LogP contribution in [0.25, 0.3) is 0 Å². The summed E-state index contributed by atoms with van der Waals surface area (Å²) in [7, 11) is 3.30. The zero-order valence-corrected chi connectivity index (χ0v) is 24.5. The molecule has 8 nitrogen and oxygen atoms in total. The maximum absolute atomic E-state index is 14.6. The van der Waals surface area contributed by atoms with Gasteiger partial charge in [0.25, 0.3) is 5.91 Å². The topological polar surface area (TPSA) is 90.4 Å². The predicted molar refractivity (Wildman–Crippen MR) is 154 cm³/mol. The first-order chi connectivity index (χ1) is 18.2. The second-order valence-electron chi connectivity index (χ2n) is 10.1. The van der Waals surface area contributed by atoms with Gasteiger partial charge in [0, 0.05) is 35.9 Å². The summed E-state index contributed by atoms with van der Waals surface area (Å²) in [6.45, 7) is 9.85. The van der Waals surface area contributed by atoms with Gasteiger partial charge in [0.05, 0.1) is 36.3 Å². The molecular weight excluding hydrogens is 570 g/mol.